The third-order valence-corrected chi connectivity index (χ3v) is 5.91. The fraction of sp³-hybridized carbons (Fsp3) is 0.273. The zero-order valence-electron chi connectivity index (χ0n) is 16.1. The van der Waals surface area contributed by atoms with Crippen molar-refractivity contribution in [3.05, 3.63) is 82.6 Å². The monoisotopic (exact) mass is 457 g/mol. The lowest BCUT2D eigenvalue weighted by Gasteiger charge is -2.16. The summed E-state index contributed by atoms with van der Waals surface area (Å²) in [4.78, 5) is 0. The summed E-state index contributed by atoms with van der Waals surface area (Å²) in [7, 11) is 0. The molecule has 4 nitrogen and oxygen atoms in total. The highest BCUT2D eigenvalue weighted by atomic mass is 79.9. The lowest BCUT2D eigenvalue weighted by Crippen LogP contribution is -2.12. The standard InChI is InChI=1S/C22H24BrN3OS/c1-4-14-26-21(16(3)27-20-12-8-17(5-2)9-13-20)24-25-22(26)28-15-18-6-10-19(23)11-7-18/h4,6-13,16H,1,5,14-15H2,2-3H3. The average Bonchev–Trinajstić information content (AvgIpc) is 3.11. The van der Waals surface area contributed by atoms with Gasteiger partial charge in [0.15, 0.2) is 17.1 Å². The van der Waals surface area contributed by atoms with E-state index in [-0.39, 0.29) is 6.10 Å². The molecule has 1 unspecified atom stereocenters. The van der Waals surface area contributed by atoms with Crippen LogP contribution in [0.1, 0.15) is 36.9 Å². The number of benzene rings is 2. The second kappa shape index (κ2) is 9.94. The Labute approximate surface area is 179 Å². The molecule has 0 saturated carbocycles. The maximum absolute atomic E-state index is 6.10. The van der Waals surface area contributed by atoms with Crippen LogP contribution in [0.2, 0.25) is 0 Å². The molecule has 2 aromatic carbocycles. The minimum Gasteiger partial charge on any atom is -0.483 e. The predicted octanol–water partition coefficient (Wildman–Crippen LogP) is 6.22. The normalized spacial score (nSPS) is 12.0. The summed E-state index contributed by atoms with van der Waals surface area (Å²) in [6.07, 6.45) is 2.67. The Bertz CT molecular complexity index is 907. The fourth-order valence-corrected chi connectivity index (χ4v) is 3.97. The number of halogens is 1. The zero-order chi connectivity index (χ0) is 19.9. The Kier molecular flexibility index (Phi) is 7.34. The van der Waals surface area contributed by atoms with Gasteiger partial charge in [-0.15, -0.1) is 16.8 Å². The van der Waals surface area contributed by atoms with Gasteiger partial charge >= 0.3 is 0 Å². The number of ether oxygens (including phenoxy) is 1. The minimum atomic E-state index is -0.207. The Morgan fingerprint density at radius 2 is 1.79 bits per heavy atom. The third kappa shape index (κ3) is 5.26. The quantitative estimate of drug-likeness (QED) is 0.282. The van der Waals surface area contributed by atoms with Crippen molar-refractivity contribution in [2.45, 2.75) is 43.8 Å². The highest BCUT2D eigenvalue weighted by Crippen LogP contribution is 2.27. The molecule has 28 heavy (non-hydrogen) atoms. The molecule has 3 aromatic rings. The molecule has 6 heteroatoms. The van der Waals surface area contributed by atoms with Crippen molar-refractivity contribution in [3.8, 4) is 5.75 Å². The summed E-state index contributed by atoms with van der Waals surface area (Å²) < 4.78 is 9.26. The van der Waals surface area contributed by atoms with E-state index in [4.69, 9.17) is 4.74 Å². The molecule has 0 radical (unpaired) electrons. The SMILES string of the molecule is C=CCn1c(SCc2ccc(Br)cc2)nnc1C(C)Oc1ccc(CC)cc1. The van der Waals surface area contributed by atoms with Crippen molar-refractivity contribution in [3.63, 3.8) is 0 Å². The summed E-state index contributed by atoms with van der Waals surface area (Å²) in [5.74, 6) is 2.47. The molecule has 0 aliphatic rings. The number of hydrogen-bond acceptors (Lipinski definition) is 4. The molecule has 1 heterocycles. The van der Waals surface area contributed by atoms with E-state index in [1.165, 1.54) is 11.1 Å². The van der Waals surface area contributed by atoms with E-state index in [0.717, 1.165) is 33.4 Å². The zero-order valence-corrected chi connectivity index (χ0v) is 18.5. The Morgan fingerprint density at radius 1 is 1.11 bits per heavy atom. The first-order valence-corrected chi connectivity index (χ1v) is 11.1. The minimum absolute atomic E-state index is 0.207. The van der Waals surface area contributed by atoms with E-state index in [2.05, 4.69) is 80.6 Å². The van der Waals surface area contributed by atoms with Gasteiger partial charge in [-0.2, -0.15) is 0 Å². The third-order valence-electron chi connectivity index (χ3n) is 4.35. The van der Waals surface area contributed by atoms with E-state index in [1.54, 1.807) is 11.8 Å². The van der Waals surface area contributed by atoms with Crippen LogP contribution in [-0.4, -0.2) is 14.8 Å². The number of allylic oxidation sites excluding steroid dienone is 1. The molecule has 0 fully saturated rings. The lowest BCUT2D eigenvalue weighted by molar-refractivity contribution is 0.210. The van der Waals surface area contributed by atoms with E-state index in [1.807, 2.05) is 25.1 Å². The van der Waals surface area contributed by atoms with Gasteiger partial charge in [0.25, 0.3) is 0 Å². The van der Waals surface area contributed by atoms with Crippen LogP contribution in [0.4, 0.5) is 0 Å². The van der Waals surface area contributed by atoms with E-state index in [0.29, 0.717) is 6.54 Å². The van der Waals surface area contributed by atoms with E-state index in [9.17, 15) is 0 Å². The van der Waals surface area contributed by atoms with Crippen molar-refractivity contribution in [1.29, 1.82) is 0 Å². The molecule has 146 valence electrons. The van der Waals surface area contributed by atoms with Crippen LogP contribution in [0.3, 0.4) is 0 Å². The van der Waals surface area contributed by atoms with Crippen LogP contribution in [-0.2, 0) is 18.7 Å². The smallest absolute Gasteiger partial charge is 0.191 e. The number of nitrogens with zero attached hydrogens (tertiary/aromatic N) is 3. The Hall–Kier alpha value is -2.05. The fourth-order valence-electron chi connectivity index (χ4n) is 2.80. The number of hydrogen-bond donors (Lipinski definition) is 0. The lowest BCUT2D eigenvalue weighted by atomic mass is 10.2. The molecule has 0 saturated heterocycles. The topological polar surface area (TPSA) is 39.9 Å². The van der Waals surface area contributed by atoms with Crippen LogP contribution >= 0.6 is 27.7 Å². The molecule has 1 atom stereocenters. The van der Waals surface area contributed by atoms with E-state index < -0.39 is 0 Å². The largest absolute Gasteiger partial charge is 0.483 e. The summed E-state index contributed by atoms with van der Waals surface area (Å²) >= 11 is 5.14. The average molecular weight is 458 g/mol. The number of aromatic nitrogens is 3. The summed E-state index contributed by atoms with van der Waals surface area (Å²) in [6, 6.07) is 16.5. The molecular formula is C22H24BrN3OS. The van der Waals surface area contributed by atoms with Crippen molar-refractivity contribution in [2.24, 2.45) is 0 Å². The predicted molar refractivity (Wildman–Crippen MR) is 119 cm³/mol. The van der Waals surface area contributed by atoms with Crippen LogP contribution in [0.15, 0.2) is 70.8 Å². The maximum atomic E-state index is 6.10. The first kappa shape index (κ1) is 20.7. The number of rotatable bonds is 9. The maximum Gasteiger partial charge on any atom is 0.191 e. The second-order valence-electron chi connectivity index (χ2n) is 6.41. The highest BCUT2D eigenvalue weighted by molar-refractivity contribution is 9.10. The molecule has 1 aromatic heterocycles. The highest BCUT2D eigenvalue weighted by Gasteiger charge is 2.19. The first-order valence-electron chi connectivity index (χ1n) is 9.27. The molecule has 0 spiro atoms. The molecule has 0 bridgehead atoms. The molecule has 0 amide bonds. The van der Waals surface area contributed by atoms with Crippen molar-refractivity contribution < 1.29 is 4.74 Å². The number of aryl methyl sites for hydroxylation is 1. The number of thioether (sulfide) groups is 1. The van der Waals surface area contributed by atoms with E-state index >= 15 is 0 Å². The van der Waals surface area contributed by atoms with Gasteiger partial charge in [0, 0.05) is 16.8 Å². The van der Waals surface area contributed by atoms with Crippen LogP contribution in [0.5, 0.6) is 5.75 Å². The Morgan fingerprint density at radius 3 is 2.43 bits per heavy atom. The molecule has 0 N–H and O–H groups in total. The van der Waals surface area contributed by atoms with Crippen molar-refractivity contribution >= 4 is 27.7 Å². The first-order chi connectivity index (χ1) is 13.6. The van der Waals surface area contributed by atoms with Gasteiger partial charge in [-0.1, -0.05) is 65.0 Å². The van der Waals surface area contributed by atoms with Gasteiger partial charge in [0.1, 0.15) is 5.75 Å². The molecule has 0 aliphatic carbocycles. The van der Waals surface area contributed by atoms with Crippen molar-refractivity contribution in [2.75, 3.05) is 0 Å². The summed E-state index contributed by atoms with van der Waals surface area (Å²) in [6.45, 7) is 8.67. The van der Waals surface area contributed by atoms with Gasteiger partial charge in [-0.3, -0.25) is 4.57 Å². The van der Waals surface area contributed by atoms with Crippen LogP contribution < -0.4 is 4.74 Å². The summed E-state index contributed by atoms with van der Waals surface area (Å²) in [5.41, 5.74) is 2.53. The molecule has 0 aliphatic heterocycles. The van der Waals surface area contributed by atoms with Gasteiger partial charge in [-0.25, -0.2) is 0 Å². The summed E-state index contributed by atoms with van der Waals surface area (Å²) in [5, 5.41) is 9.67. The van der Waals surface area contributed by atoms with Crippen LogP contribution in [0, 0.1) is 0 Å². The van der Waals surface area contributed by atoms with Gasteiger partial charge < -0.3 is 4.74 Å². The molecule has 3 rings (SSSR count). The van der Waals surface area contributed by atoms with Crippen molar-refractivity contribution in [1.82, 2.24) is 14.8 Å². The Balaban J connectivity index is 1.72. The van der Waals surface area contributed by atoms with Gasteiger partial charge in [0.2, 0.25) is 0 Å². The van der Waals surface area contributed by atoms with Crippen LogP contribution in [0.25, 0.3) is 0 Å². The molecular weight excluding hydrogens is 434 g/mol. The van der Waals surface area contributed by atoms with Gasteiger partial charge in [-0.05, 0) is 48.7 Å². The second-order valence-corrected chi connectivity index (χ2v) is 8.27. The van der Waals surface area contributed by atoms with Gasteiger partial charge in [0.05, 0.1) is 0 Å².